The SMILES string of the molecule is COC.N#CCC(=O)N[C@H](CC=O)CCc1cccc(Br)c1. The fourth-order valence-corrected chi connectivity index (χ4v) is 2.20. The highest BCUT2D eigenvalue weighted by Crippen LogP contribution is 2.14. The van der Waals surface area contributed by atoms with Crippen LogP contribution in [-0.4, -0.2) is 32.5 Å². The third-order valence-electron chi connectivity index (χ3n) is 2.66. The average Bonchev–Trinajstić information content (AvgIpc) is 2.46. The zero-order valence-electron chi connectivity index (χ0n) is 12.8. The van der Waals surface area contributed by atoms with Crippen LogP contribution in [-0.2, 0) is 20.7 Å². The summed E-state index contributed by atoms with van der Waals surface area (Å²) in [6, 6.07) is 9.48. The molecule has 0 aliphatic heterocycles. The minimum atomic E-state index is -0.330. The minimum absolute atomic E-state index is 0.174. The van der Waals surface area contributed by atoms with Gasteiger partial charge in [-0.3, -0.25) is 4.79 Å². The van der Waals surface area contributed by atoms with Crippen LogP contribution >= 0.6 is 15.9 Å². The summed E-state index contributed by atoms with van der Waals surface area (Å²) < 4.78 is 5.26. The van der Waals surface area contributed by atoms with Crippen molar-refractivity contribution in [2.24, 2.45) is 0 Å². The molecule has 0 fully saturated rings. The molecule has 0 aliphatic carbocycles. The molecule has 1 amide bonds. The fraction of sp³-hybridized carbons (Fsp3) is 0.438. The van der Waals surface area contributed by atoms with Gasteiger partial charge in [-0.1, -0.05) is 28.1 Å². The Bertz CT molecular complexity index is 500. The number of nitriles is 1. The number of benzene rings is 1. The molecule has 0 aliphatic rings. The van der Waals surface area contributed by atoms with Gasteiger partial charge in [0.2, 0.25) is 5.91 Å². The van der Waals surface area contributed by atoms with Crippen LogP contribution in [0.25, 0.3) is 0 Å². The number of carbonyl (C=O) groups is 2. The van der Waals surface area contributed by atoms with Crippen molar-refractivity contribution in [3.8, 4) is 6.07 Å². The van der Waals surface area contributed by atoms with E-state index in [2.05, 4.69) is 26.0 Å². The number of methoxy groups -OCH3 is 1. The number of nitrogens with zero attached hydrogens (tertiary/aromatic N) is 1. The number of carbonyl (C=O) groups excluding carboxylic acids is 2. The molecule has 120 valence electrons. The molecule has 1 atom stereocenters. The van der Waals surface area contributed by atoms with Gasteiger partial charge < -0.3 is 14.8 Å². The monoisotopic (exact) mass is 368 g/mol. The van der Waals surface area contributed by atoms with Crippen molar-refractivity contribution in [2.45, 2.75) is 31.7 Å². The largest absolute Gasteiger partial charge is 0.388 e. The molecule has 0 bridgehead atoms. The maximum absolute atomic E-state index is 11.3. The quantitative estimate of drug-likeness (QED) is 0.750. The Morgan fingerprint density at radius 2 is 2.18 bits per heavy atom. The predicted octanol–water partition coefficient (Wildman–Crippen LogP) is 2.63. The molecule has 5 nitrogen and oxygen atoms in total. The summed E-state index contributed by atoms with van der Waals surface area (Å²) in [6.07, 6.45) is 2.33. The van der Waals surface area contributed by atoms with E-state index < -0.39 is 0 Å². The highest BCUT2D eigenvalue weighted by molar-refractivity contribution is 9.10. The molecular formula is C16H21BrN2O3. The van der Waals surface area contributed by atoms with Crippen molar-refractivity contribution in [1.82, 2.24) is 5.32 Å². The Balaban J connectivity index is 0.00000135. The molecule has 0 saturated heterocycles. The Labute approximate surface area is 139 Å². The number of aldehydes is 1. The summed E-state index contributed by atoms with van der Waals surface area (Å²) in [7, 11) is 3.25. The molecule has 1 aromatic rings. The van der Waals surface area contributed by atoms with E-state index in [-0.39, 0.29) is 24.8 Å². The van der Waals surface area contributed by atoms with Gasteiger partial charge in [0.15, 0.2) is 0 Å². The van der Waals surface area contributed by atoms with E-state index in [0.29, 0.717) is 6.42 Å². The van der Waals surface area contributed by atoms with Gasteiger partial charge in [0, 0.05) is 31.2 Å². The molecule has 0 spiro atoms. The molecule has 1 N–H and O–H groups in total. The van der Waals surface area contributed by atoms with E-state index in [1.165, 1.54) is 0 Å². The Morgan fingerprint density at radius 1 is 1.50 bits per heavy atom. The van der Waals surface area contributed by atoms with Crippen LogP contribution in [0, 0.1) is 11.3 Å². The van der Waals surface area contributed by atoms with Crippen molar-refractivity contribution in [1.29, 1.82) is 5.26 Å². The van der Waals surface area contributed by atoms with Crippen LogP contribution in [0.3, 0.4) is 0 Å². The number of rotatable bonds is 7. The van der Waals surface area contributed by atoms with Gasteiger partial charge in [-0.25, -0.2) is 0 Å². The Hall–Kier alpha value is -1.71. The van der Waals surface area contributed by atoms with Crippen LogP contribution in [0.15, 0.2) is 28.7 Å². The molecule has 0 unspecified atom stereocenters. The lowest BCUT2D eigenvalue weighted by molar-refractivity contribution is -0.121. The lowest BCUT2D eigenvalue weighted by Gasteiger charge is -2.15. The molecule has 0 saturated carbocycles. The predicted molar refractivity (Wildman–Crippen MR) is 88.2 cm³/mol. The molecule has 1 rings (SSSR count). The fourth-order valence-electron chi connectivity index (χ4n) is 1.75. The standard InChI is InChI=1S/C14H15BrN2O2.C2H6O/c15-12-3-1-2-11(10-12)4-5-13(7-9-18)17-14(19)6-8-16;1-3-2/h1-3,9-10,13H,4-7H2,(H,17,19);1-2H3/t13-;/m0./s1. The van der Waals surface area contributed by atoms with Crippen LogP contribution in [0.5, 0.6) is 0 Å². The second-order valence-corrected chi connectivity index (χ2v) is 5.49. The molecule has 22 heavy (non-hydrogen) atoms. The van der Waals surface area contributed by atoms with Crippen molar-refractivity contribution >= 4 is 28.1 Å². The zero-order chi connectivity index (χ0) is 16.8. The van der Waals surface area contributed by atoms with E-state index in [0.717, 1.165) is 22.7 Å². The first-order valence-corrected chi connectivity index (χ1v) is 7.61. The summed E-state index contributed by atoms with van der Waals surface area (Å²) >= 11 is 3.40. The third-order valence-corrected chi connectivity index (χ3v) is 3.15. The minimum Gasteiger partial charge on any atom is -0.388 e. The summed E-state index contributed by atoms with van der Waals surface area (Å²) in [6.45, 7) is 0. The van der Waals surface area contributed by atoms with Gasteiger partial charge >= 0.3 is 0 Å². The van der Waals surface area contributed by atoms with Gasteiger partial charge in [0.25, 0.3) is 0 Å². The van der Waals surface area contributed by atoms with Crippen LogP contribution in [0.2, 0.25) is 0 Å². The molecule has 1 aromatic carbocycles. The van der Waals surface area contributed by atoms with Gasteiger partial charge in [-0.15, -0.1) is 0 Å². The number of halogens is 1. The highest BCUT2D eigenvalue weighted by Gasteiger charge is 2.11. The highest BCUT2D eigenvalue weighted by atomic mass is 79.9. The van der Waals surface area contributed by atoms with Gasteiger partial charge in [-0.05, 0) is 30.5 Å². The molecule has 0 aromatic heterocycles. The van der Waals surface area contributed by atoms with Crippen molar-refractivity contribution in [2.75, 3.05) is 14.2 Å². The van der Waals surface area contributed by atoms with E-state index >= 15 is 0 Å². The number of nitrogens with one attached hydrogen (secondary N) is 1. The van der Waals surface area contributed by atoms with Crippen molar-refractivity contribution in [3.63, 3.8) is 0 Å². The smallest absolute Gasteiger partial charge is 0.234 e. The number of hydrogen-bond donors (Lipinski definition) is 1. The van der Waals surface area contributed by atoms with Crippen molar-refractivity contribution < 1.29 is 14.3 Å². The number of ether oxygens (including phenoxy) is 1. The maximum Gasteiger partial charge on any atom is 0.234 e. The molecule has 0 radical (unpaired) electrons. The first kappa shape index (κ1) is 20.3. The van der Waals surface area contributed by atoms with E-state index in [4.69, 9.17) is 5.26 Å². The van der Waals surface area contributed by atoms with Gasteiger partial charge in [0.1, 0.15) is 12.7 Å². The molecular weight excluding hydrogens is 348 g/mol. The summed E-state index contributed by atoms with van der Waals surface area (Å²) in [5.74, 6) is -0.330. The number of aryl methyl sites for hydroxylation is 1. The lowest BCUT2D eigenvalue weighted by atomic mass is 10.0. The maximum atomic E-state index is 11.3. The number of amides is 1. The molecule has 0 heterocycles. The second kappa shape index (κ2) is 13.0. The molecule has 6 heteroatoms. The van der Waals surface area contributed by atoms with E-state index in [1.54, 1.807) is 20.3 Å². The lowest BCUT2D eigenvalue weighted by Crippen LogP contribution is -2.35. The number of hydrogen-bond acceptors (Lipinski definition) is 4. The first-order chi connectivity index (χ1) is 10.6. The first-order valence-electron chi connectivity index (χ1n) is 6.81. The van der Waals surface area contributed by atoms with Crippen LogP contribution < -0.4 is 5.32 Å². The third kappa shape index (κ3) is 10.1. The zero-order valence-corrected chi connectivity index (χ0v) is 14.4. The van der Waals surface area contributed by atoms with E-state index in [9.17, 15) is 9.59 Å². The average molecular weight is 369 g/mol. The van der Waals surface area contributed by atoms with Crippen LogP contribution in [0.4, 0.5) is 0 Å². The summed E-state index contributed by atoms with van der Waals surface area (Å²) in [4.78, 5) is 21.9. The van der Waals surface area contributed by atoms with Crippen molar-refractivity contribution in [3.05, 3.63) is 34.3 Å². The van der Waals surface area contributed by atoms with Gasteiger partial charge in [-0.2, -0.15) is 5.26 Å². The van der Waals surface area contributed by atoms with E-state index in [1.807, 2.05) is 24.3 Å². The van der Waals surface area contributed by atoms with Crippen LogP contribution in [0.1, 0.15) is 24.8 Å². The van der Waals surface area contributed by atoms with Gasteiger partial charge in [0.05, 0.1) is 6.07 Å². The second-order valence-electron chi connectivity index (χ2n) is 4.58. The topological polar surface area (TPSA) is 79.2 Å². The summed E-state index contributed by atoms with van der Waals surface area (Å²) in [5.41, 5.74) is 1.14. The summed E-state index contributed by atoms with van der Waals surface area (Å²) in [5, 5.41) is 11.1. The normalized spacial score (nSPS) is 10.6. The Morgan fingerprint density at radius 3 is 2.73 bits per heavy atom. The Kier molecular flexibility index (Phi) is 12.0.